The SMILES string of the molecule is Nc1ccc(-c2cc(Cc3n[nH]c(=O)c4ccc(F)cc34)ccc2F)cc1N. The second-order valence-corrected chi connectivity index (χ2v) is 6.52. The molecule has 0 bridgehead atoms. The zero-order chi connectivity index (χ0) is 19.8. The van der Waals surface area contributed by atoms with Gasteiger partial charge in [0.2, 0.25) is 0 Å². The summed E-state index contributed by atoms with van der Waals surface area (Å²) in [7, 11) is 0. The smallest absolute Gasteiger partial charge is 0.272 e. The van der Waals surface area contributed by atoms with Gasteiger partial charge in [0.15, 0.2) is 0 Å². The standard InChI is InChI=1S/C21H16F2N4O/c22-13-3-4-14-16(10-13)20(26-27-21(14)28)8-11-1-5-17(23)15(7-11)12-2-6-18(24)19(25)9-12/h1-7,9-10H,8,24-25H2,(H,27,28). The lowest BCUT2D eigenvalue weighted by Gasteiger charge is -2.10. The van der Waals surface area contributed by atoms with Crippen LogP contribution in [0.2, 0.25) is 0 Å². The summed E-state index contributed by atoms with van der Waals surface area (Å²) >= 11 is 0. The van der Waals surface area contributed by atoms with Gasteiger partial charge < -0.3 is 11.5 Å². The van der Waals surface area contributed by atoms with E-state index in [4.69, 9.17) is 11.5 Å². The van der Waals surface area contributed by atoms with Crippen molar-refractivity contribution in [2.24, 2.45) is 0 Å². The normalized spacial score (nSPS) is 11.1. The van der Waals surface area contributed by atoms with E-state index < -0.39 is 17.2 Å². The number of rotatable bonds is 3. The minimum atomic E-state index is -0.460. The fraction of sp³-hybridized carbons (Fsp3) is 0.0476. The van der Waals surface area contributed by atoms with Gasteiger partial charge in [-0.25, -0.2) is 13.9 Å². The van der Waals surface area contributed by atoms with Crippen molar-refractivity contribution in [2.75, 3.05) is 11.5 Å². The molecule has 3 aromatic carbocycles. The third-order valence-corrected chi connectivity index (χ3v) is 4.63. The first-order chi connectivity index (χ1) is 13.4. The number of aromatic nitrogens is 2. The maximum Gasteiger partial charge on any atom is 0.272 e. The molecule has 0 unspecified atom stereocenters. The van der Waals surface area contributed by atoms with E-state index >= 15 is 0 Å². The molecule has 140 valence electrons. The minimum absolute atomic E-state index is 0.286. The van der Waals surface area contributed by atoms with Crippen LogP contribution < -0.4 is 17.0 Å². The van der Waals surface area contributed by atoms with Gasteiger partial charge in [-0.3, -0.25) is 4.79 Å². The van der Waals surface area contributed by atoms with Crippen molar-refractivity contribution in [1.82, 2.24) is 10.2 Å². The molecule has 0 saturated carbocycles. The number of hydrogen-bond donors (Lipinski definition) is 3. The van der Waals surface area contributed by atoms with Crippen LogP contribution in [0.4, 0.5) is 20.2 Å². The van der Waals surface area contributed by atoms with E-state index in [-0.39, 0.29) is 6.42 Å². The van der Waals surface area contributed by atoms with Gasteiger partial charge in [-0.15, -0.1) is 0 Å². The highest BCUT2D eigenvalue weighted by molar-refractivity contribution is 5.84. The summed E-state index contributed by atoms with van der Waals surface area (Å²) in [6, 6.07) is 13.5. The zero-order valence-electron chi connectivity index (χ0n) is 14.7. The number of aromatic amines is 1. The molecule has 7 heteroatoms. The van der Waals surface area contributed by atoms with Gasteiger partial charge in [0, 0.05) is 17.4 Å². The zero-order valence-corrected chi connectivity index (χ0v) is 14.7. The molecule has 0 aliphatic carbocycles. The monoisotopic (exact) mass is 378 g/mol. The summed E-state index contributed by atoms with van der Waals surface area (Å²) in [6.07, 6.45) is 0.286. The Hall–Kier alpha value is -3.74. The molecule has 1 heterocycles. The molecule has 0 spiro atoms. The number of hydrogen-bond acceptors (Lipinski definition) is 4. The van der Waals surface area contributed by atoms with Crippen molar-refractivity contribution in [3.8, 4) is 11.1 Å². The molecule has 28 heavy (non-hydrogen) atoms. The number of nitrogens with zero attached hydrogens (tertiary/aromatic N) is 1. The molecule has 0 fully saturated rings. The van der Waals surface area contributed by atoms with Crippen molar-refractivity contribution in [3.05, 3.63) is 87.8 Å². The summed E-state index contributed by atoms with van der Waals surface area (Å²) in [5, 5.41) is 7.25. The molecule has 5 nitrogen and oxygen atoms in total. The predicted octanol–water partition coefficient (Wildman–Crippen LogP) is 3.62. The summed E-state index contributed by atoms with van der Waals surface area (Å²) < 4.78 is 28.1. The lowest BCUT2D eigenvalue weighted by Crippen LogP contribution is -2.11. The fourth-order valence-electron chi connectivity index (χ4n) is 3.17. The number of fused-ring (bicyclic) bond motifs is 1. The first kappa shape index (κ1) is 17.7. The Labute approximate surface area is 158 Å². The quantitative estimate of drug-likeness (QED) is 0.474. The molecule has 0 aliphatic rings. The van der Waals surface area contributed by atoms with Crippen molar-refractivity contribution >= 4 is 22.1 Å². The molecule has 4 rings (SSSR count). The van der Waals surface area contributed by atoms with E-state index in [1.807, 2.05) is 0 Å². The molecule has 0 amide bonds. The van der Waals surface area contributed by atoms with Gasteiger partial charge >= 0.3 is 0 Å². The van der Waals surface area contributed by atoms with Crippen LogP contribution in [0, 0.1) is 11.6 Å². The maximum absolute atomic E-state index is 14.4. The topological polar surface area (TPSA) is 97.8 Å². The summed E-state index contributed by atoms with van der Waals surface area (Å²) in [4.78, 5) is 11.9. The maximum atomic E-state index is 14.4. The average molecular weight is 378 g/mol. The van der Waals surface area contributed by atoms with Gasteiger partial charge in [-0.1, -0.05) is 12.1 Å². The van der Waals surface area contributed by atoms with Crippen LogP contribution in [-0.2, 0) is 6.42 Å². The minimum Gasteiger partial charge on any atom is -0.397 e. The van der Waals surface area contributed by atoms with Crippen LogP contribution in [0.5, 0.6) is 0 Å². The van der Waals surface area contributed by atoms with Gasteiger partial charge in [0.05, 0.1) is 22.5 Å². The van der Waals surface area contributed by atoms with E-state index in [9.17, 15) is 13.6 Å². The Balaban J connectivity index is 1.79. The van der Waals surface area contributed by atoms with Crippen molar-refractivity contribution in [1.29, 1.82) is 0 Å². The highest BCUT2D eigenvalue weighted by Crippen LogP contribution is 2.29. The number of nitrogen functional groups attached to an aromatic ring is 2. The number of nitrogens with one attached hydrogen (secondary N) is 1. The Bertz CT molecular complexity index is 1270. The number of H-pyrrole nitrogens is 1. The van der Waals surface area contributed by atoms with E-state index in [0.29, 0.717) is 39.0 Å². The van der Waals surface area contributed by atoms with Crippen LogP contribution in [0.25, 0.3) is 21.9 Å². The largest absolute Gasteiger partial charge is 0.397 e. The Morgan fingerprint density at radius 1 is 0.893 bits per heavy atom. The van der Waals surface area contributed by atoms with Crippen LogP contribution in [0.1, 0.15) is 11.3 Å². The molecule has 0 aliphatic heterocycles. The lowest BCUT2D eigenvalue weighted by molar-refractivity contribution is 0.629. The molecular formula is C21H16F2N4O. The second-order valence-electron chi connectivity index (χ2n) is 6.52. The van der Waals surface area contributed by atoms with Crippen LogP contribution >= 0.6 is 0 Å². The van der Waals surface area contributed by atoms with Crippen LogP contribution in [0.15, 0.2) is 59.4 Å². The van der Waals surface area contributed by atoms with Gasteiger partial charge in [0.25, 0.3) is 5.56 Å². The summed E-state index contributed by atoms with van der Waals surface area (Å²) in [5.74, 6) is -0.864. The summed E-state index contributed by atoms with van der Waals surface area (Å²) in [6.45, 7) is 0. The Morgan fingerprint density at radius 2 is 1.71 bits per heavy atom. The highest BCUT2D eigenvalue weighted by atomic mass is 19.1. The number of anilines is 2. The van der Waals surface area contributed by atoms with Crippen LogP contribution in [0.3, 0.4) is 0 Å². The third-order valence-electron chi connectivity index (χ3n) is 4.63. The summed E-state index contributed by atoms with van der Waals surface area (Å²) in [5.41, 5.74) is 14.2. The third kappa shape index (κ3) is 3.18. The number of benzene rings is 3. The van der Waals surface area contributed by atoms with E-state index in [2.05, 4.69) is 10.2 Å². The van der Waals surface area contributed by atoms with Crippen molar-refractivity contribution < 1.29 is 8.78 Å². The van der Waals surface area contributed by atoms with Crippen molar-refractivity contribution in [3.63, 3.8) is 0 Å². The van der Waals surface area contributed by atoms with Crippen molar-refractivity contribution in [2.45, 2.75) is 6.42 Å². The molecule has 4 aromatic rings. The molecular weight excluding hydrogens is 362 g/mol. The number of halogens is 2. The fourth-order valence-corrected chi connectivity index (χ4v) is 3.17. The Morgan fingerprint density at radius 3 is 2.50 bits per heavy atom. The van der Waals surface area contributed by atoms with E-state index in [0.717, 1.165) is 5.56 Å². The predicted molar refractivity (Wildman–Crippen MR) is 106 cm³/mol. The Kier molecular flexibility index (Phi) is 4.27. The molecule has 0 saturated heterocycles. The molecule has 5 N–H and O–H groups in total. The highest BCUT2D eigenvalue weighted by Gasteiger charge is 2.12. The second kappa shape index (κ2) is 6.77. The molecule has 0 atom stereocenters. The number of nitrogens with two attached hydrogens (primary N) is 2. The van der Waals surface area contributed by atoms with Gasteiger partial charge in [-0.05, 0) is 53.6 Å². The molecule has 0 radical (unpaired) electrons. The van der Waals surface area contributed by atoms with Gasteiger partial charge in [-0.2, -0.15) is 5.10 Å². The van der Waals surface area contributed by atoms with E-state index in [1.54, 1.807) is 30.3 Å². The van der Waals surface area contributed by atoms with E-state index in [1.165, 1.54) is 24.3 Å². The van der Waals surface area contributed by atoms with Crippen LogP contribution in [-0.4, -0.2) is 10.2 Å². The lowest BCUT2D eigenvalue weighted by atomic mass is 9.98. The first-order valence-corrected chi connectivity index (χ1v) is 8.53. The first-order valence-electron chi connectivity index (χ1n) is 8.53. The van der Waals surface area contributed by atoms with Gasteiger partial charge in [0.1, 0.15) is 11.6 Å². The molecule has 1 aromatic heterocycles. The average Bonchev–Trinajstić information content (AvgIpc) is 2.67.